The molecular formula is C15H20N4O3. The number of hydrogen-bond acceptors (Lipinski definition) is 5. The van der Waals surface area contributed by atoms with E-state index in [1.165, 1.54) is 0 Å². The van der Waals surface area contributed by atoms with Crippen molar-refractivity contribution in [1.82, 2.24) is 14.7 Å². The average Bonchev–Trinajstić information content (AvgIpc) is 2.71. The van der Waals surface area contributed by atoms with E-state index in [2.05, 4.69) is 10.3 Å². The zero-order valence-electron chi connectivity index (χ0n) is 13.1. The molecule has 2 rings (SSSR count). The molecule has 2 aromatic rings. The summed E-state index contributed by atoms with van der Waals surface area (Å²) >= 11 is 0. The van der Waals surface area contributed by atoms with Gasteiger partial charge in [-0.2, -0.15) is 0 Å². The number of nitrogens with two attached hydrogens (primary N) is 1. The summed E-state index contributed by atoms with van der Waals surface area (Å²) in [7, 11) is 0. The Morgan fingerprint density at radius 3 is 2.68 bits per heavy atom. The quantitative estimate of drug-likeness (QED) is 0.845. The van der Waals surface area contributed by atoms with Crippen LogP contribution in [0.25, 0.3) is 5.65 Å². The number of pyridine rings is 1. The Morgan fingerprint density at radius 1 is 1.36 bits per heavy atom. The Bertz CT molecular complexity index is 715. The fourth-order valence-electron chi connectivity index (χ4n) is 2.01. The molecule has 0 aliphatic rings. The second-order valence-electron chi connectivity index (χ2n) is 6.01. The number of ketones is 1. The first kappa shape index (κ1) is 15.8. The van der Waals surface area contributed by atoms with Gasteiger partial charge in [0.2, 0.25) is 5.78 Å². The van der Waals surface area contributed by atoms with E-state index in [9.17, 15) is 9.59 Å². The number of rotatable bonds is 3. The van der Waals surface area contributed by atoms with Crippen molar-refractivity contribution in [3.05, 3.63) is 30.1 Å². The van der Waals surface area contributed by atoms with Crippen LogP contribution in [-0.4, -0.2) is 32.9 Å². The number of fused-ring (bicyclic) bond motifs is 1. The van der Waals surface area contributed by atoms with Crippen molar-refractivity contribution < 1.29 is 14.3 Å². The molecule has 3 N–H and O–H groups in total. The molecule has 0 fully saturated rings. The number of nitrogen functional groups attached to an aromatic ring is 1. The standard InChI is InChI=1S/C15H20N4O3/c1-9(17-14(21)22-15(2,3)4)12(20)11-13(16)18-10-7-5-6-8-19(10)11/h5-9H,16H2,1-4H3,(H,17,21)/t9-/m0/s1. The lowest BCUT2D eigenvalue weighted by Crippen LogP contribution is -2.42. The van der Waals surface area contributed by atoms with Gasteiger partial charge in [0.25, 0.3) is 0 Å². The molecule has 0 aliphatic heterocycles. The Kier molecular flexibility index (Phi) is 4.07. The van der Waals surface area contributed by atoms with Crippen molar-refractivity contribution in [1.29, 1.82) is 0 Å². The number of hydrogen-bond donors (Lipinski definition) is 2. The third kappa shape index (κ3) is 3.36. The van der Waals surface area contributed by atoms with E-state index in [-0.39, 0.29) is 17.3 Å². The molecular weight excluding hydrogens is 284 g/mol. The average molecular weight is 304 g/mol. The van der Waals surface area contributed by atoms with Gasteiger partial charge in [0, 0.05) is 6.20 Å². The first-order valence-corrected chi connectivity index (χ1v) is 6.95. The summed E-state index contributed by atoms with van der Waals surface area (Å²) in [6.45, 7) is 6.83. The normalized spacial score (nSPS) is 12.9. The number of imidazole rings is 1. The van der Waals surface area contributed by atoms with Gasteiger partial charge in [-0.15, -0.1) is 0 Å². The summed E-state index contributed by atoms with van der Waals surface area (Å²) in [6, 6.07) is 4.55. The Hall–Kier alpha value is -2.57. The second kappa shape index (κ2) is 5.67. The number of amides is 1. The zero-order valence-corrected chi connectivity index (χ0v) is 13.1. The third-order valence-corrected chi connectivity index (χ3v) is 2.92. The molecule has 1 amide bonds. The van der Waals surface area contributed by atoms with E-state index in [1.807, 2.05) is 0 Å². The highest BCUT2D eigenvalue weighted by Gasteiger charge is 2.25. The van der Waals surface area contributed by atoms with Crippen molar-refractivity contribution >= 4 is 23.3 Å². The number of nitrogens with one attached hydrogen (secondary N) is 1. The summed E-state index contributed by atoms with van der Waals surface area (Å²) in [5, 5.41) is 2.51. The first-order chi connectivity index (χ1) is 10.2. The summed E-state index contributed by atoms with van der Waals surface area (Å²) in [4.78, 5) is 28.4. The lowest BCUT2D eigenvalue weighted by atomic mass is 10.1. The molecule has 22 heavy (non-hydrogen) atoms. The number of Topliss-reactive ketones (excluding diaryl/α,β-unsaturated/α-hetero) is 1. The fourth-order valence-corrected chi connectivity index (χ4v) is 2.01. The number of carbonyl (C=O) groups is 2. The SMILES string of the molecule is C[C@H](NC(=O)OC(C)(C)C)C(=O)c1c(N)nc2ccccn12. The maximum absolute atomic E-state index is 12.5. The molecule has 0 spiro atoms. The van der Waals surface area contributed by atoms with Gasteiger partial charge in [-0.25, -0.2) is 9.78 Å². The molecule has 2 aromatic heterocycles. The van der Waals surface area contributed by atoms with Crippen LogP contribution >= 0.6 is 0 Å². The number of carbonyl (C=O) groups excluding carboxylic acids is 2. The van der Waals surface area contributed by atoms with E-state index >= 15 is 0 Å². The second-order valence-corrected chi connectivity index (χ2v) is 6.01. The minimum absolute atomic E-state index is 0.133. The van der Waals surface area contributed by atoms with Crippen LogP contribution in [0.15, 0.2) is 24.4 Å². The van der Waals surface area contributed by atoms with E-state index < -0.39 is 17.7 Å². The number of alkyl carbamates (subject to hydrolysis) is 1. The minimum atomic E-state index is -0.780. The number of aromatic nitrogens is 2. The van der Waals surface area contributed by atoms with E-state index in [4.69, 9.17) is 10.5 Å². The van der Waals surface area contributed by atoms with Crippen molar-refractivity contribution in [2.75, 3.05) is 5.73 Å². The minimum Gasteiger partial charge on any atom is -0.444 e. The molecule has 0 saturated heterocycles. The highest BCUT2D eigenvalue weighted by Crippen LogP contribution is 2.16. The van der Waals surface area contributed by atoms with Crippen LogP contribution in [0.2, 0.25) is 0 Å². The lowest BCUT2D eigenvalue weighted by Gasteiger charge is -2.21. The van der Waals surface area contributed by atoms with Crippen LogP contribution in [0.5, 0.6) is 0 Å². The van der Waals surface area contributed by atoms with Crippen LogP contribution in [0.1, 0.15) is 38.2 Å². The molecule has 0 aliphatic carbocycles. The van der Waals surface area contributed by atoms with Crippen molar-refractivity contribution in [2.45, 2.75) is 39.3 Å². The number of ether oxygens (including phenoxy) is 1. The molecule has 0 aromatic carbocycles. The van der Waals surface area contributed by atoms with Gasteiger partial charge in [-0.05, 0) is 39.8 Å². The topological polar surface area (TPSA) is 98.7 Å². The molecule has 7 nitrogen and oxygen atoms in total. The van der Waals surface area contributed by atoms with Gasteiger partial charge < -0.3 is 15.8 Å². The molecule has 1 atom stereocenters. The van der Waals surface area contributed by atoms with Gasteiger partial charge >= 0.3 is 6.09 Å². The summed E-state index contributed by atoms with van der Waals surface area (Å²) in [6.07, 6.45) is 1.05. The highest BCUT2D eigenvalue weighted by atomic mass is 16.6. The van der Waals surface area contributed by atoms with Crippen molar-refractivity contribution in [2.24, 2.45) is 0 Å². The lowest BCUT2D eigenvalue weighted by molar-refractivity contribution is 0.0496. The molecule has 118 valence electrons. The van der Waals surface area contributed by atoms with Crippen molar-refractivity contribution in [3.8, 4) is 0 Å². The van der Waals surface area contributed by atoms with E-state index in [1.54, 1.807) is 56.5 Å². The molecule has 0 radical (unpaired) electrons. The Labute approximate surface area is 128 Å². The summed E-state index contributed by atoms with van der Waals surface area (Å²) in [5.74, 6) is -0.198. The molecule has 7 heteroatoms. The monoisotopic (exact) mass is 304 g/mol. The summed E-state index contributed by atoms with van der Waals surface area (Å²) in [5.41, 5.74) is 6.02. The zero-order chi connectivity index (χ0) is 16.5. The maximum atomic E-state index is 12.5. The molecule has 2 heterocycles. The van der Waals surface area contributed by atoms with Crippen molar-refractivity contribution in [3.63, 3.8) is 0 Å². The molecule has 0 saturated carbocycles. The van der Waals surface area contributed by atoms with E-state index in [0.29, 0.717) is 5.65 Å². The van der Waals surface area contributed by atoms with Gasteiger partial charge in [0.15, 0.2) is 5.82 Å². The highest BCUT2D eigenvalue weighted by molar-refractivity contribution is 6.04. The van der Waals surface area contributed by atoms with E-state index in [0.717, 1.165) is 0 Å². The predicted octanol–water partition coefficient (Wildman–Crippen LogP) is 2.01. The van der Waals surface area contributed by atoms with Crippen LogP contribution in [0, 0.1) is 0 Å². The van der Waals surface area contributed by atoms with Crippen LogP contribution in [-0.2, 0) is 4.74 Å². The largest absolute Gasteiger partial charge is 0.444 e. The third-order valence-electron chi connectivity index (χ3n) is 2.92. The smallest absolute Gasteiger partial charge is 0.408 e. The van der Waals surface area contributed by atoms with Crippen LogP contribution < -0.4 is 11.1 Å². The first-order valence-electron chi connectivity index (χ1n) is 6.95. The summed E-state index contributed by atoms with van der Waals surface area (Å²) < 4.78 is 6.74. The van der Waals surface area contributed by atoms with Gasteiger partial charge in [-0.3, -0.25) is 9.20 Å². The number of nitrogens with zero attached hydrogens (tertiary/aromatic N) is 2. The number of anilines is 1. The van der Waals surface area contributed by atoms with Gasteiger partial charge in [0.05, 0.1) is 6.04 Å². The predicted molar refractivity (Wildman–Crippen MR) is 82.8 cm³/mol. The molecule has 0 bridgehead atoms. The van der Waals surface area contributed by atoms with Gasteiger partial charge in [0.1, 0.15) is 16.9 Å². The fraction of sp³-hybridized carbons (Fsp3) is 0.400. The van der Waals surface area contributed by atoms with Crippen LogP contribution in [0.3, 0.4) is 0 Å². The van der Waals surface area contributed by atoms with Crippen LogP contribution in [0.4, 0.5) is 10.6 Å². The van der Waals surface area contributed by atoms with Gasteiger partial charge in [-0.1, -0.05) is 6.07 Å². The Balaban J connectivity index is 2.20. The molecule has 0 unspecified atom stereocenters. The Morgan fingerprint density at radius 2 is 2.05 bits per heavy atom. The maximum Gasteiger partial charge on any atom is 0.408 e.